The third kappa shape index (κ3) is 10.3. The fourth-order valence-electron chi connectivity index (χ4n) is 0. The molecule has 3 heteroatoms. The van der Waals surface area contributed by atoms with Crippen LogP contribution in [0.3, 0.4) is 0 Å². The average molecular weight is 126 g/mol. The molecular weight excluding hydrogens is 123 g/mol. The Morgan fingerprint density at radius 3 is 1.25 bits per heavy atom. The largest absolute Gasteiger partial charge is 0.0999 e. The van der Waals surface area contributed by atoms with Gasteiger partial charge in [-0.25, -0.2) is 0 Å². The Balaban J connectivity index is -0.00000000500. The number of hydrogen-bond acceptors (Lipinski definition) is 0. The first kappa shape index (κ1) is 18.5. The molecule has 0 aliphatic rings. The van der Waals surface area contributed by atoms with E-state index < -0.39 is 0 Å². The van der Waals surface area contributed by atoms with Crippen molar-refractivity contribution in [3.05, 3.63) is 0 Å². The second kappa shape index (κ2) is 27.5. The SMILES string of the molecule is [B]C.[Cr].[Ti]. The monoisotopic (exact) mass is 126 g/mol. The zero-order valence-electron chi connectivity index (χ0n) is 2.49. The number of rotatable bonds is 0. The molecule has 0 amide bonds. The van der Waals surface area contributed by atoms with Crippen LogP contribution in [0.1, 0.15) is 0 Å². The van der Waals surface area contributed by atoms with Crippen LogP contribution in [0.25, 0.3) is 0 Å². The molecule has 0 saturated carbocycles. The second-order valence-electron chi connectivity index (χ2n) is 0. The van der Waals surface area contributed by atoms with E-state index in [4.69, 9.17) is 0 Å². The Kier molecular flexibility index (Phi) is 127. The second-order valence-corrected chi connectivity index (χ2v) is 0. The predicted molar refractivity (Wildman–Crippen MR) is 11.6 cm³/mol. The van der Waals surface area contributed by atoms with Crippen LogP contribution in [-0.2, 0) is 39.1 Å². The summed E-state index contributed by atoms with van der Waals surface area (Å²) in [6.07, 6.45) is 0. The molecule has 4 heavy (non-hydrogen) atoms. The van der Waals surface area contributed by atoms with Crippen molar-refractivity contribution in [2.45, 2.75) is 6.82 Å². The van der Waals surface area contributed by atoms with Crippen molar-refractivity contribution >= 4 is 7.85 Å². The van der Waals surface area contributed by atoms with Gasteiger partial charge in [-0.15, -0.1) is 0 Å². The maximum absolute atomic E-state index is 4.50. The van der Waals surface area contributed by atoms with Crippen LogP contribution in [0, 0.1) is 0 Å². The zero-order valence-corrected chi connectivity index (χ0v) is 5.32. The Labute approximate surface area is 53.8 Å². The Morgan fingerprint density at radius 2 is 1.25 bits per heavy atom. The van der Waals surface area contributed by atoms with Crippen LogP contribution in [-0.4, -0.2) is 7.85 Å². The quantitative estimate of drug-likeness (QED) is 0.406. The van der Waals surface area contributed by atoms with Crippen LogP contribution in [0.5, 0.6) is 0 Å². The van der Waals surface area contributed by atoms with Gasteiger partial charge in [-0.05, 0) is 0 Å². The van der Waals surface area contributed by atoms with Crippen molar-refractivity contribution in [1.82, 2.24) is 0 Å². The van der Waals surface area contributed by atoms with E-state index >= 15 is 0 Å². The molecule has 0 nitrogen and oxygen atoms in total. The molecule has 0 aromatic carbocycles. The van der Waals surface area contributed by atoms with Gasteiger partial charge in [0.2, 0.25) is 0 Å². The third-order valence-corrected chi connectivity index (χ3v) is 0. The van der Waals surface area contributed by atoms with Gasteiger partial charge in [0.25, 0.3) is 0 Å². The van der Waals surface area contributed by atoms with Gasteiger partial charge < -0.3 is 0 Å². The van der Waals surface area contributed by atoms with Gasteiger partial charge in [-0.2, -0.15) is 0 Å². The Morgan fingerprint density at radius 1 is 1.25 bits per heavy atom. The Bertz CT molecular complexity index is 8.00. The van der Waals surface area contributed by atoms with Crippen molar-refractivity contribution in [3.8, 4) is 0 Å². The van der Waals surface area contributed by atoms with E-state index in [1.807, 2.05) is 0 Å². The van der Waals surface area contributed by atoms with Gasteiger partial charge in [0.1, 0.15) is 0 Å². The fraction of sp³-hybridized carbons (Fsp3) is 1.00. The summed E-state index contributed by atoms with van der Waals surface area (Å²) in [7, 11) is 4.50. The van der Waals surface area contributed by atoms with Gasteiger partial charge >= 0.3 is 0 Å². The van der Waals surface area contributed by atoms with Crippen LogP contribution >= 0.6 is 0 Å². The molecule has 0 fully saturated rings. The summed E-state index contributed by atoms with van der Waals surface area (Å²) in [6, 6.07) is 0. The first-order valence-electron chi connectivity index (χ1n) is 0.577. The van der Waals surface area contributed by atoms with Gasteiger partial charge in [-0.1, -0.05) is 6.82 Å². The van der Waals surface area contributed by atoms with E-state index in [9.17, 15) is 0 Å². The van der Waals surface area contributed by atoms with E-state index in [0.717, 1.165) is 0 Å². The van der Waals surface area contributed by atoms with Gasteiger partial charge in [0.15, 0.2) is 0 Å². The molecule has 0 aromatic rings. The van der Waals surface area contributed by atoms with Crippen molar-refractivity contribution in [3.63, 3.8) is 0 Å². The number of hydrogen-bond donors (Lipinski definition) is 0. The van der Waals surface area contributed by atoms with Crippen LogP contribution in [0.15, 0.2) is 0 Å². The minimum absolute atomic E-state index is 0. The molecular formula is CH3BCrTi. The maximum atomic E-state index is 4.50. The topological polar surface area (TPSA) is 0 Å². The van der Waals surface area contributed by atoms with Crippen molar-refractivity contribution in [2.24, 2.45) is 0 Å². The molecule has 0 unspecified atom stereocenters. The minimum atomic E-state index is 0. The van der Waals surface area contributed by atoms with E-state index in [-0.39, 0.29) is 39.1 Å². The van der Waals surface area contributed by atoms with Crippen LogP contribution in [0.2, 0.25) is 6.82 Å². The summed E-state index contributed by atoms with van der Waals surface area (Å²) in [5.74, 6) is 0. The van der Waals surface area contributed by atoms with Gasteiger partial charge in [-0.3, -0.25) is 0 Å². The van der Waals surface area contributed by atoms with Gasteiger partial charge in [0, 0.05) is 39.1 Å². The summed E-state index contributed by atoms with van der Waals surface area (Å²) in [4.78, 5) is 0. The van der Waals surface area contributed by atoms with Crippen LogP contribution in [0.4, 0.5) is 0 Å². The smallest absolute Gasteiger partial charge is 0.0606 e. The van der Waals surface area contributed by atoms with Gasteiger partial charge in [0.05, 0.1) is 7.85 Å². The normalized spacial score (nSPS) is 1.25. The predicted octanol–water partition coefficient (Wildman–Crippen LogP) is 0.198. The molecule has 0 N–H and O–H groups in total. The molecule has 2 radical (unpaired) electrons. The molecule has 0 rings (SSSR count). The molecule has 0 aromatic heterocycles. The summed E-state index contributed by atoms with van der Waals surface area (Å²) in [5, 5.41) is 0. The molecule has 0 spiro atoms. The maximum Gasteiger partial charge on any atom is 0.0606 e. The van der Waals surface area contributed by atoms with Crippen LogP contribution < -0.4 is 0 Å². The molecule has 0 bridgehead atoms. The molecule has 0 aliphatic carbocycles. The standard InChI is InChI=1S/CH3B.Cr.Ti/c1-2;;/h1H3;;. The molecule has 0 atom stereocenters. The summed E-state index contributed by atoms with van der Waals surface area (Å²) in [6.45, 7) is 1.50. The van der Waals surface area contributed by atoms with Crippen molar-refractivity contribution in [1.29, 1.82) is 0 Å². The summed E-state index contributed by atoms with van der Waals surface area (Å²) < 4.78 is 0. The third-order valence-electron chi connectivity index (χ3n) is 0. The summed E-state index contributed by atoms with van der Waals surface area (Å²) >= 11 is 0. The van der Waals surface area contributed by atoms with Crippen molar-refractivity contribution < 1.29 is 39.1 Å². The average Bonchev–Trinajstić information content (AvgIpc) is 1.00. The van der Waals surface area contributed by atoms with E-state index in [0.29, 0.717) is 0 Å². The molecule has 0 aliphatic heterocycles. The molecule has 0 saturated heterocycles. The molecule has 20 valence electrons. The fourth-order valence-corrected chi connectivity index (χ4v) is 0. The Hall–Kier alpha value is 1.31. The minimum Gasteiger partial charge on any atom is -0.0999 e. The first-order valence-corrected chi connectivity index (χ1v) is 0.577. The summed E-state index contributed by atoms with van der Waals surface area (Å²) in [5.41, 5.74) is 0. The van der Waals surface area contributed by atoms with E-state index in [1.54, 1.807) is 0 Å². The zero-order chi connectivity index (χ0) is 2.00. The molecule has 0 heterocycles. The van der Waals surface area contributed by atoms with E-state index in [2.05, 4.69) is 7.85 Å². The van der Waals surface area contributed by atoms with E-state index in [1.165, 1.54) is 6.82 Å². The van der Waals surface area contributed by atoms with Crippen molar-refractivity contribution in [2.75, 3.05) is 0 Å². The first-order chi connectivity index (χ1) is 1.00.